The number of anilines is 1. The van der Waals surface area contributed by atoms with Gasteiger partial charge in [-0.05, 0) is 53.6 Å². The second kappa shape index (κ2) is 7.50. The second-order valence-electron chi connectivity index (χ2n) is 5.60. The number of phenols is 1. The van der Waals surface area contributed by atoms with Gasteiger partial charge in [0.1, 0.15) is 5.75 Å². The summed E-state index contributed by atoms with van der Waals surface area (Å²) in [6.45, 7) is 0. The molecule has 3 rings (SSSR count). The van der Waals surface area contributed by atoms with Gasteiger partial charge in [0.2, 0.25) is 0 Å². The van der Waals surface area contributed by atoms with Crippen LogP contribution in [0.3, 0.4) is 0 Å². The fourth-order valence-corrected chi connectivity index (χ4v) is 2.47. The van der Waals surface area contributed by atoms with Gasteiger partial charge in [-0.15, -0.1) is 0 Å². The van der Waals surface area contributed by atoms with Gasteiger partial charge in [0.15, 0.2) is 0 Å². The first-order chi connectivity index (χ1) is 12.6. The van der Waals surface area contributed by atoms with E-state index in [-0.39, 0.29) is 17.2 Å². The SMILES string of the molecule is O=C(NO)c1cccc(NC(=O)c2ccc(-c3ccc(O)cc3)cc2)c1. The highest BCUT2D eigenvalue weighted by atomic mass is 16.5. The van der Waals surface area contributed by atoms with Crippen LogP contribution < -0.4 is 10.8 Å². The van der Waals surface area contributed by atoms with Gasteiger partial charge in [0, 0.05) is 16.8 Å². The largest absolute Gasteiger partial charge is 0.508 e. The average molecular weight is 348 g/mol. The molecule has 6 nitrogen and oxygen atoms in total. The lowest BCUT2D eigenvalue weighted by molar-refractivity contribution is 0.0706. The monoisotopic (exact) mass is 348 g/mol. The van der Waals surface area contributed by atoms with Crippen molar-refractivity contribution in [1.82, 2.24) is 5.48 Å². The Kier molecular flexibility index (Phi) is 4.96. The van der Waals surface area contributed by atoms with Crippen molar-refractivity contribution in [3.8, 4) is 16.9 Å². The zero-order valence-electron chi connectivity index (χ0n) is 13.6. The molecular weight excluding hydrogens is 332 g/mol. The fraction of sp³-hybridized carbons (Fsp3) is 0. The summed E-state index contributed by atoms with van der Waals surface area (Å²) < 4.78 is 0. The molecule has 0 radical (unpaired) electrons. The van der Waals surface area contributed by atoms with Gasteiger partial charge in [0.05, 0.1) is 0 Å². The Morgan fingerprint density at radius 3 is 1.96 bits per heavy atom. The lowest BCUT2D eigenvalue weighted by atomic mass is 10.0. The van der Waals surface area contributed by atoms with Crippen LogP contribution in [-0.4, -0.2) is 22.1 Å². The van der Waals surface area contributed by atoms with E-state index in [1.165, 1.54) is 12.1 Å². The minimum absolute atomic E-state index is 0.196. The second-order valence-corrected chi connectivity index (χ2v) is 5.60. The third-order valence-electron chi connectivity index (χ3n) is 3.83. The summed E-state index contributed by atoms with van der Waals surface area (Å²) in [5, 5.41) is 20.7. The molecule has 2 amide bonds. The molecule has 0 saturated carbocycles. The molecule has 26 heavy (non-hydrogen) atoms. The molecule has 0 aliphatic rings. The molecule has 3 aromatic carbocycles. The minimum Gasteiger partial charge on any atom is -0.508 e. The van der Waals surface area contributed by atoms with Gasteiger partial charge in [-0.3, -0.25) is 14.8 Å². The number of rotatable bonds is 4. The first kappa shape index (κ1) is 17.2. The molecule has 0 spiro atoms. The van der Waals surface area contributed by atoms with E-state index < -0.39 is 5.91 Å². The summed E-state index contributed by atoms with van der Waals surface area (Å²) in [6.07, 6.45) is 0. The normalized spacial score (nSPS) is 10.2. The van der Waals surface area contributed by atoms with Crippen molar-refractivity contribution in [2.45, 2.75) is 0 Å². The van der Waals surface area contributed by atoms with Crippen molar-refractivity contribution in [1.29, 1.82) is 0 Å². The van der Waals surface area contributed by atoms with Gasteiger partial charge in [-0.2, -0.15) is 0 Å². The lowest BCUT2D eigenvalue weighted by Gasteiger charge is -2.08. The van der Waals surface area contributed by atoms with Crippen LogP contribution in [0.5, 0.6) is 5.75 Å². The number of hydrogen-bond donors (Lipinski definition) is 4. The van der Waals surface area contributed by atoms with Crippen molar-refractivity contribution < 1.29 is 19.9 Å². The molecule has 0 aliphatic carbocycles. The molecular formula is C20H16N2O4. The maximum absolute atomic E-state index is 12.4. The summed E-state index contributed by atoms with van der Waals surface area (Å²) in [7, 11) is 0. The molecule has 130 valence electrons. The smallest absolute Gasteiger partial charge is 0.274 e. The summed E-state index contributed by atoms with van der Waals surface area (Å²) in [5.41, 5.74) is 4.53. The van der Waals surface area contributed by atoms with Crippen LogP contribution in [0.2, 0.25) is 0 Å². The van der Waals surface area contributed by atoms with E-state index in [4.69, 9.17) is 5.21 Å². The van der Waals surface area contributed by atoms with E-state index in [1.807, 2.05) is 12.1 Å². The zero-order chi connectivity index (χ0) is 18.5. The summed E-state index contributed by atoms with van der Waals surface area (Å²) in [6, 6.07) is 20.1. The Morgan fingerprint density at radius 1 is 0.731 bits per heavy atom. The molecule has 0 aromatic heterocycles. The number of amides is 2. The van der Waals surface area contributed by atoms with Crippen LogP contribution >= 0.6 is 0 Å². The number of hydrogen-bond acceptors (Lipinski definition) is 4. The third kappa shape index (κ3) is 3.88. The quantitative estimate of drug-likeness (QED) is 0.429. The van der Waals surface area contributed by atoms with E-state index in [1.54, 1.807) is 54.0 Å². The van der Waals surface area contributed by atoms with Crippen LogP contribution in [0.25, 0.3) is 11.1 Å². The first-order valence-corrected chi connectivity index (χ1v) is 7.82. The molecule has 0 bridgehead atoms. The number of benzene rings is 3. The first-order valence-electron chi connectivity index (χ1n) is 7.82. The summed E-state index contributed by atoms with van der Waals surface area (Å²) in [4.78, 5) is 23.8. The standard InChI is InChI=1S/C20H16N2O4/c23-18-10-8-14(9-11-18)13-4-6-15(7-5-13)19(24)21-17-3-1-2-16(12-17)20(25)22-26/h1-12,23,26H,(H,21,24)(H,22,25). The Hall–Kier alpha value is -3.64. The zero-order valence-corrected chi connectivity index (χ0v) is 13.6. The molecule has 6 heteroatoms. The maximum atomic E-state index is 12.4. The Labute approximate surface area is 149 Å². The van der Waals surface area contributed by atoms with Gasteiger partial charge in [0.25, 0.3) is 11.8 Å². The maximum Gasteiger partial charge on any atom is 0.274 e. The van der Waals surface area contributed by atoms with Gasteiger partial charge < -0.3 is 10.4 Å². The summed E-state index contributed by atoms with van der Waals surface area (Å²) in [5.74, 6) is -0.773. The van der Waals surface area contributed by atoms with Crippen LogP contribution in [0.1, 0.15) is 20.7 Å². The van der Waals surface area contributed by atoms with Crippen molar-refractivity contribution in [3.63, 3.8) is 0 Å². The molecule has 0 atom stereocenters. The fourth-order valence-electron chi connectivity index (χ4n) is 2.47. The minimum atomic E-state index is -0.653. The number of nitrogens with one attached hydrogen (secondary N) is 2. The van der Waals surface area contributed by atoms with Crippen LogP contribution in [0.15, 0.2) is 72.8 Å². The van der Waals surface area contributed by atoms with Crippen LogP contribution in [0.4, 0.5) is 5.69 Å². The number of carbonyl (C=O) groups is 2. The lowest BCUT2D eigenvalue weighted by Crippen LogP contribution is -2.19. The number of carbonyl (C=O) groups excluding carboxylic acids is 2. The van der Waals surface area contributed by atoms with Crippen molar-refractivity contribution in [2.24, 2.45) is 0 Å². The number of hydroxylamine groups is 1. The van der Waals surface area contributed by atoms with Gasteiger partial charge in [-0.1, -0.05) is 30.3 Å². The molecule has 4 N–H and O–H groups in total. The highest BCUT2D eigenvalue weighted by Gasteiger charge is 2.09. The number of aromatic hydroxyl groups is 1. The highest BCUT2D eigenvalue weighted by molar-refractivity contribution is 6.05. The van der Waals surface area contributed by atoms with Crippen LogP contribution in [-0.2, 0) is 0 Å². The molecule has 0 unspecified atom stereocenters. The highest BCUT2D eigenvalue weighted by Crippen LogP contribution is 2.22. The van der Waals surface area contributed by atoms with E-state index in [9.17, 15) is 14.7 Å². The molecule has 3 aromatic rings. The van der Waals surface area contributed by atoms with Crippen molar-refractivity contribution in [2.75, 3.05) is 5.32 Å². The van der Waals surface area contributed by atoms with Crippen LogP contribution in [0, 0.1) is 0 Å². The summed E-state index contributed by atoms with van der Waals surface area (Å²) >= 11 is 0. The van der Waals surface area contributed by atoms with E-state index in [0.29, 0.717) is 11.3 Å². The Morgan fingerprint density at radius 2 is 1.35 bits per heavy atom. The molecule has 0 heterocycles. The van der Waals surface area contributed by atoms with E-state index in [2.05, 4.69) is 5.32 Å². The van der Waals surface area contributed by atoms with Gasteiger partial charge >= 0.3 is 0 Å². The molecule has 0 saturated heterocycles. The third-order valence-corrected chi connectivity index (χ3v) is 3.83. The molecule has 0 fully saturated rings. The molecule has 0 aliphatic heterocycles. The van der Waals surface area contributed by atoms with Crippen molar-refractivity contribution >= 4 is 17.5 Å². The van der Waals surface area contributed by atoms with E-state index in [0.717, 1.165) is 11.1 Å². The average Bonchev–Trinajstić information content (AvgIpc) is 2.68. The van der Waals surface area contributed by atoms with Crippen molar-refractivity contribution in [3.05, 3.63) is 83.9 Å². The predicted molar refractivity (Wildman–Crippen MR) is 97.2 cm³/mol. The Bertz CT molecular complexity index is 935. The van der Waals surface area contributed by atoms with E-state index >= 15 is 0 Å². The predicted octanol–water partition coefficient (Wildman–Crippen LogP) is 3.43. The number of phenolic OH excluding ortho intramolecular Hbond substituents is 1. The van der Waals surface area contributed by atoms with Gasteiger partial charge in [-0.25, -0.2) is 5.48 Å². The topological polar surface area (TPSA) is 98.7 Å². The Balaban J connectivity index is 1.74.